The first-order valence-corrected chi connectivity index (χ1v) is 11.9. The smallest absolute Gasteiger partial charge is 0.227 e. The third-order valence-corrected chi connectivity index (χ3v) is 6.71. The van der Waals surface area contributed by atoms with E-state index in [0.717, 1.165) is 27.9 Å². The molecule has 2 atom stereocenters. The first-order chi connectivity index (χ1) is 16.9. The van der Waals surface area contributed by atoms with Crippen LogP contribution < -0.4 is 19.7 Å². The number of carbonyl (C=O) groups is 2. The molecule has 1 saturated heterocycles. The number of piperidine rings is 1. The molecule has 35 heavy (non-hydrogen) atoms. The van der Waals surface area contributed by atoms with Gasteiger partial charge in [-0.25, -0.2) is 0 Å². The molecule has 1 N–H and O–H groups in total. The van der Waals surface area contributed by atoms with Gasteiger partial charge < -0.3 is 19.7 Å². The molecule has 0 bridgehead atoms. The van der Waals surface area contributed by atoms with Crippen LogP contribution in [0.5, 0.6) is 11.5 Å². The van der Waals surface area contributed by atoms with Gasteiger partial charge in [0.15, 0.2) is 11.5 Å². The summed E-state index contributed by atoms with van der Waals surface area (Å²) in [6, 6.07) is 21.0. The van der Waals surface area contributed by atoms with E-state index in [-0.39, 0.29) is 11.8 Å². The molecule has 6 heteroatoms. The zero-order valence-electron chi connectivity index (χ0n) is 20.7. The number of ether oxygens (including phenoxy) is 2. The number of carbonyl (C=O) groups excluding carboxylic acids is 2. The SMILES string of the molecule is COc1ccc(C2C(C(=O)NCc3ccccc3C)CCC(=O)N2c2ccc(C)cc2)cc1OC. The highest BCUT2D eigenvalue weighted by Crippen LogP contribution is 2.42. The Morgan fingerprint density at radius 1 is 0.971 bits per heavy atom. The lowest BCUT2D eigenvalue weighted by molar-refractivity contribution is -0.129. The Kier molecular flexibility index (Phi) is 7.39. The zero-order valence-corrected chi connectivity index (χ0v) is 20.7. The fraction of sp³-hybridized carbons (Fsp3) is 0.310. The van der Waals surface area contributed by atoms with E-state index in [9.17, 15) is 9.59 Å². The monoisotopic (exact) mass is 472 g/mol. The number of rotatable bonds is 7. The van der Waals surface area contributed by atoms with Crippen molar-refractivity contribution in [2.24, 2.45) is 5.92 Å². The number of aryl methyl sites for hydroxylation is 2. The number of benzene rings is 3. The summed E-state index contributed by atoms with van der Waals surface area (Å²) in [5.41, 5.74) is 4.91. The average molecular weight is 473 g/mol. The van der Waals surface area contributed by atoms with Crippen LogP contribution in [0, 0.1) is 19.8 Å². The molecular weight excluding hydrogens is 440 g/mol. The minimum atomic E-state index is -0.476. The van der Waals surface area contributed by atoms with Crippen molar-refractivity contribution >= 4 is 17.5 Å². The van der Waals surface area contributed by atoms with E-state index in [1.807, 2.05) is 80.6 Å². The summed E-state index contributed by atoms with van der Waals surface area (Å²) in [6.07, 6.45) is 0.778. The molecule has 6 nitrogen and oxygen atoms in total. The molecule has 0 aromatic heterocycles. The maximum Gasteiger partial charge on any atom is 0.227 e. The van der Waals surface area contributed by atoms with Gasteiger partial charge >= 0.3 is 0 Å². The lowest BCUT2D eigenvalue weighted by Gasteiger charge is -2.41. The highest BCUT2D eigenvalue weighted by atomic mass is 16.5. The highest BCUT2D eigenvalue weighted by Gasteiger charge is 2.41. The quantitative estimate of drug-likeness (QED) is 0.518. The zero-order chi connectivity index (χ0) is 24.9. The summed E-state index contributed by atoms with van der Waals surface area (Å²) in [4.78, 5) is 28.6. The maximum absolute atomic E-state index is 13.6. The van der Waals surface area contributed by atoms with Gasteiger partial charge in [-0.05, 0) is 61.2 Å². The lowest BCUT2D eigenvalue weighted by Crippen LogP contribution is -2.48. The predicted octanol–water partition coefficient (Wildman–Crippen LogP) is 5.12. The molecule has 1 fully saturated rings. The molecule has 1 heterocycles. The molecule has 4 rings (SSSR count). The first-order valence-electron chi connectivity index (χ1n) is 11.9. The first kappa shape index (κ1) is 24.3. The van der Waals surface area contributed by atoms with Crippen LogP contribution in [0.2, 0.25) is 0 Å². The predicted molar refractivity (Wildman–Crippen MR) is 137 cm³/mol. The van der Waals surface area contributed by atoms with Gasteiger partial charge in [0, 0.05) is 18.7 Å². The Balaban J connectivity index is 1.72. The third kappa shape index (κ3) is 5.16. The van der Waals surface area contributed by atoms with Crippen molar-refractivity contribution < 1.29 is 19.1 Å². The molecule has 3 aromatic rings. The van der Waals surface area contributed by atoms with Crippen LogP contribution in [0.1, 0.15) is 41.1 Å². The summed E-state index contributed by atoms with van der Waals surface area (Å²) in [5.74, 6) is 0.664. The Morgan fingerprint density at radius 3 is 2.37 bits per heavy atom. The van der Waals surface area contributed by atoms with E-state index < -0.39 is 12.0 Å². The van der Waals surface area contributed by atoms with Crippen molar-refractivity contribution in [1.82, 2.24) is 5.32 Å². The summed E-state index contributed by atoms with van der Waals surface area (Å²) >= 11 is 0. The van der Waals surface area contributed by atoms with E-state index in [2.05, 4.69) is 5.32 Å². The van der Waals surface area contributed by atoms with Gasteiger partial charge in [0.25, 0.3) is 0 Å². The molecule has 0 spiro atoms. The fourth-order valence-electron chi connectivity index (χ4n) is 4.72. The van der Waals surface area contributed by atoms with Crippen molar-refractivity contribution in [3.05, 3.63) is 89.0 Å². The van der Waals surface area contributed by atoms with E-state index in [1.54, 1.807) is 19.1 Å². The van der Waals surface area contributed by atoms with E-state index in [0.29, 0.717) is 30.9 Å². The Labute approximate surface area is 206 Å². The maximum atomic E-state index is 13.6. The Morgan fingerprint density at radius 2 is 1.69 bits per heavy atom. The lowest BCUT2D eigenvalue weighted by atomic mass is 9.83. The standard InChI is InChI=1S/C29H32N2O4/c1-19-9-12-23(13-10-19)31-27(32)16-14-24(29(33)30-18-22-8-6-5-7-20(22)2)28(31)21-11-15-25(34-3)26(17-21)35-4/h5-13,15,17,24,28H,14,16,18H2,1-4H3,(H,30,33). The largest absolute Gasteiger partial charge is 0.493 e. The number of anilines is 1. The van der Waals surface area contributed by atoms with Gasteiger partial charge in [-0.1, -0.05) is 48.0 Å². The molecule has 2 amide bonds. The fourth-order valence-corrected chi connectivity index (χ4v) is 4.72. The molecule has 182 valence electrons. The van der Waals surface area contributed by atoms with Gasteiger partial charge in [0.2, 0.25) is 11.8 Å². The molecule has 1 aliphatic heterocycles. The van der Waals surface area contributed by atoms with Gasteiger partial charge in [-0.2, -0.15) is 0 Å². The number of nitrogens with one attached hydrogen (secondary N) is 1. The van der Waals surface area contributed by atoms with Crippen molar-refractivity contribution in [3.63, 3.8) is 0 Å². The van der Waals surface area contributed by atoms with E-state index in [1.165, 1.54) is 0 Å². The van der Waals surface area contributed by atoms with Gasteiger partial charge in [0.1, 0.15) is 0 Å². The molecule has 2 unspecified atom stereocenters. The highest BCUT2D eigenvalue weighted by molar-refractivity contribution is 5.97. The normalized spacial score (nSPS) is 17.7. The van der Waals surface area contributed by atoms with Gasteiger partial charge in [-0.3, -0.25) is 9.59 Å². The van der Waals surface area contributed by atoms with Gasteiger partial charge in [-0.15, -0.1) is 0 Å². The Hall–Kier alpha value is -3.80. The second kappa shape index (κ2) is 10.6. The second-order valence-electron chi connectivity index (χ2n) is 8.95. The van der Waals surface area contributed by atoms with Crippen LogP contribution in [0.3, 0.4) is 0 Å². The minimum absolute atomic E-state index is 0.00316. The molecule has 0 aliphatic carbocycles. The topological polar surface area (TPSA) is 67.9 Å². The van der Waals surface area contributed by atoms with Crippen molar-refractivity contribution in [2.75, 3.05) is 19.1 Å². The summed E-state index contributed by atoms with van der Waals surface area (Å²) in [6.45, 7) is 4.49. The Bertz CT molecular complexity index is 1210. The van der Waals surface area contributed by atoms with Crippen molar-refractivity contribution in [2.45, 2.75) is 39.3 Å². The molecular formula is C29H32N2O4. The third-order valence-electron chi connectivity index (χ3n) is 6.71. The number of methoxy groups -OCH3 is 2. The molecule has 1 aliphatic rings. The molecule has 0 radical (unpaired) electrons. The molecule has 0 saturated carbocycles. The van der Waals surface area contributed by atoms with Crippen LogP contribution in [-0.2, 0) is 16.1 Å². The van der Waals surface area contributed by atoms with Crippen LogP contribution in [0.15, 0.2) is 66.7 Å². The van der Waals surface area contributed by atoms with Crippen molar-refractivity contribution in [1.29, 1.82) is 0 Å². The van der Waals surface area contributed by atoms with Crippen LogP contribution in [-0.4, -0.2) is 26.0 Å². The van der Waals surface area contributed by atoms with Crippen LogP contribution >= 0.6 is 0 Å². The minimum Gasteiger partial charge on any atom is -0.493 e. The average Bonchev–Trinajstić information content (AvgIpc) is 2.88. The summed E-state index contributed by atoms with van der Waals surface area (Å²) < 4.78 is 10.9. The van der Waals surface area contributed by atoms with Crippen molar-refractivity contribution in [3.8, 4) is 11.5 Å². The molecule has 3 aromatic carbocycles. The van der Waals surface area contributed by atoms with Gasteiger partial charge in [0.05, 0.1) is 26.2 Å². The number of nitrogens with zero attached hydrogens (tertiary/aromatic N) is 1. The van der Waals surface area contributed by atoms with Crippen LogP contribution in [0.25, 0.3) is 0 Å². The van der Waals surface area contributed by atoms with Crippen LogP contribution in [0.4, 0.5) is 5.69 Å². The summed E-state index contributed by atoms with van der Waals surface area (Å²) in [5, 5.41) is 3.12. The number of hydrogen-bond acceptors (Lipinski definition) is 4. The number of amides is 2. The van der Waals surface area contributed by atoms with E-state index in [4.69, 9.17) is 9.47 Å². The second-order valence-corrected chi connectivity index (χ2v) is 8.95. The number of hydrogen-bond donors (Lipinski definition) is 1. The van der Waals surface area contributed by atoms with E-state index >= 15 is 0 Å². The summed E-state index contributed by atoms with van der Waals surface area (Å²) in [7, 11) is 3.17.